The number of amides is 1. The lowest BCUT2D eigenvalue weighted by Crippen LogP contribution is -2.40. The normalized spacial score (nSPS) is 20.7. The number of benzene rings is 1. The van der Waals surface area contributed by atoms with E-state index in [1.54, 1.807) is 12.1 Å². The van der Waals surface area contributed by atoms with E-state index in [-0.39, 0.29) is 23.1 Å². The van der Waals surface area contributed by atoms with Gasteiger partial charge < -0.3 is 14.6 Å². The standard InChI is InChI=1S/C21H23FN2O3/c1-13-11-17(14(2)24(13)16-5-3-15(22)4-6-16)19(25)23-9-7-21(8-10-23)12-18(21)20(26)27/h3-6,11,18H,7-10,12H2,1-2H3,(H,26,27). The molecule has 1 saturated carbocycles. The summed E-state index contributed by atoms with van der Waals surface area (Å²) in [5.74, 6) is -1.26. The van der Waals surface area contributed by atoms with Gasteiger partial charge in [-0.3, -0.25) is 9.59 Å². The van der Waals surface area contributed by atoms with Gasteiger partial charge in [0.05, 0.1) is 11.5 Å². The Kier molecular flexibility index (Phi) is 4.09. The first-order valence-corrected chi connectivity index (χ1v) is 9.29. The van der Waals surface area contributed by atoms with Crippen LogP contribution in [-0.4, -0.2) is 39.5 Å². The Hall–Kier alpha value is -2.63. The van der Waals surface area contributed by atoms with Crippen molar-refractivity contribution in [1.29, 1.82) is 0 Å². The molecule has 0 bridgehead atoms. The van der Waals surface area contributed by atoms with Crippen LogP contribution in [0.2, 0.25) is 0 Å². The molecule has 1 aromatic carbocycles. The molecule has 6 heteroatoms. The van der Waals surface area contributed by atoms with Crippen molar-refractivity contribution in [2.45, 2.75) is 33.1 Å². The number of carbonyl (C=O) groups excluding carboxylic acids is 1. The van der Waals surface area contributed by atoms with E-state index >= 15 is 0 Å². The van der Waals surface area contributed by atoms with Crippen LogP contribution in [0.15, 0.2) is 30.3 Å². The first-order valence-electron chi connectivity index (χ1n) is 9.29. The smallest absolute Gasteiger partial charge is 0.307 e. The number of carboxylic acids is 1. The number of likely N-dealkylation sites (tertiary alicyclic amines) is 1. The van der Waals surface area contributed by atoms with E-state index in [0.717, 1.165) is 36.3 Å². The molecule has 1 N–H and O–H groups in total. The van der Waals surface area contributed by atoms with Crippen molar-refractivity contribution in [3.63, 3.8) is 0 Å². The van der Waals surface area contributed by atoms with Crippen molar-refractivity contribution in [2.75, 3.05) is 13.1 Å². The molecule has 0 radical (unpaired) electrons. The van der Waals surface area contributed by atoms with Gasteiger partial charge in [0, 0.05) is 30.2 Å². The first kappa shape index (κ1) is 17.8. The Morgan fingerprint density at radius 3 is 2.33 bits per heavy atom. The molecule has 142 valence electrons. The summed E-state index contributed by atoms with van der Waals surface area (Å²) in [4.78, 5) is 26.1. The van der Waals surface area contributed by atoms with Gasteiger partial charge in [-0.1, -0.05) is 0 Å². The molecule has 1 aliphatic carbocycles. The van der Waals surface area contributed by atoms with Gasteiger partial charge in [-0.2, -0.15) is 0 Å². The second-order valence-corrected chi connectivity index (χ2v) is 7.85. The Balaban J connectivity index is 1.53. The fourth-order valence-corrected chi connectivity index (χ4v) is 4.54. The van der Waals surface area contributed by atoms with Crippen LogP contribution in [0.25, 0.3) is 5.69 Å². The van der Waals surface area contributed by atoms with Gasteiger partial charge in [0.15, 0.2) is 0 Å². The molecule has 1 aliphatic heterocycles. The van der Waals surface area contributed by atoms with Crippen molar-refractivity contribution in [2.24, 2.45) is 11.3 Å². The lowest BCUT2D eigenvalue weighted by atomic mass is 9.90. The van der Waals surface area contributed by atoms with Crippen molar-refractivity contribution in [3.05, 3.63) is 53.1 Å². The zero-order valence-corrected chi connectivity index (χ0v) is 15.5. The maximum absolute atomic E-state index is 13.2. The highest BCUT2D eigenvalue weighted by molar-refractivity contribution is 5.96. The summed E-state index contributed by atoms with van der Waals surface area (Å²) in [5.41, 5.74) is 3.14. The number of carbonyl (C=O) groups is 2. The average Bonchev–Trinajstić information content (AvgIpc) is 3.26. The summed E-state index contributed by atoms with van der Waals surface area (Å²) in [7, 11) is 0. The van der Waals surface area contributed by atoms with Crippen LogP contribution in [-0.2, 0) is 4.79 Å². The summed E-state index contributed by atoms with van der Waals surface area (Å²) in [6.07, 6.45) is 2.25. The maximum Gasteiger partial charge on any atom is 0.307 e. The quantitative estimate of drug-likeness (QED) is 0.899. The predicted octanol–water partition coefficient (Wildman–Crippen LogP) is 3.56. The van der Waals surface area contributed by atoms with Crippen LogP contribution in [0.3, 0.4) is 0 Å². The highest BCUT2D eigenvalue weighted by Gasteiger charge is 2.59. The Bertz CT molecular complexity index is 908. The van der Waals surface area contributed by atoms with Gasteiger partial charge in [0.25, 0.3) is 5.91 Å². The molecule has 2 fully saturated rings. The molecule has 1 amide bonds. The van der Waals surface area contributed by atoms with Crippen LogP contribution in [0.5, 0.6) is 0 Å². The summed E-state index contributed by atoms with van der Waals surface area (Å²) < 4.78 is 15.2. The molecule has 4 rings (SSSR count). The molecule has 2 aromatic rings. The number of hydrogen-bond acceptors (Lipinski definition) is 2. The number of nitrogens with zero attached hydrogens (tertiary/aromatic N) is 2. The molecule has 1 unspecified atom stereocenters. The van der Waals surface area contributed by atoms with Crippen LogP contribution < -0.4 is 0 Å². The monoisotopic (exact) mass is 370 g/mol. The SMILES string of the molecule is Cc1cc(C(=O)N2CCC3(CC2)CC3C(=O)O)c(C)n1-c1ccc(F)cc1. The van der Waals surface area contributed by atoms with E-state index < -0.39 is 5.97 Å². The largest absolute Gasteiger partial charge is 0.481 e. The van der Waals surface area contributed by atoms with E-state index in [4.69, 9.17) is 0 Å². The van der Waals surface area contributed by atoms with Gasteiger partial charge in [0.2, 0.25) is 0 Å². The van der Waals surface area contributed by atoms with Crippen LogP contribution in [0, 0.1) is 31.0 Å². The highest BCUT2D eigenvalue weighted by atomic mass is 19.1. The molecule has 1 spiro atoms. The number of aromatic nitrogens is 1. The number of piperidine rings is 1. The third-order valence-electron chi connectivity index (χ3n) is 6.28. The predicted molar refractivity (Wildman–Crippen MR) is 98.5 cm³/mol. The van der Waals surface area contributed by atoms with Gasteiger partial charge >= 0.3 is 5.97 Å². The number of carboxylic acid groups (broad SMARTS) is 1. The summed E-state index contributed by atoms with van der Waals surface area (Å²) in [6.45, 7) is 5.03. The second kappa shape index (κ2) is 6.22. The number of rotatable bonds is 3. The summed E-state index contributed by atoms with van der Waals surface area (Å²) in [6, 6.07) is 8.10. The topological polar surface area (TPSA) is 62.5 Å². The summed E-state index contributed by atoms with van der Waals surface area (Å²) in [5, 5.41) is 9.21. The van der Waals surface area contributed by atoms with E-state index in [0.29, 0.717) is 18.7 Å². The van der Waals surface area contributed by atoms with Gasteiger partial charge in [-0.05, 0) is 68.9 Å². The Labute approximate surface area is 157 Å². The molecule has 2 heterocycles. The fraction of sp³-hybridized carbons (Fsp3) is 0.429. The first-order chi connectivity index (χ1) is 12.8. The minimum Gasteiger partial charge on any atom is -0.481 e. The fourth-order valence-electron chi connectivity index (χ4n) is 4.54. The number of aliphatic carboxylic acids is 1. The molecular formula is C21H23FN2O3. The number of hydrogen-bond donors (Lipinski definition) is 1. The van der Waals surface area contributed by atoms with Crippen molar-refractivity contribution < 1.29 is 19.1 Å². The Morgan fingerprint density at radius 2 is 1.78 bits per heavy atom. The van der Waals surface area contributed by atoms with E-state index in [1.807, 2.05) is 29.4 Å². The van der Waals surface area contributed by atoms with Gasteiger partial charge in [0.1, 0.15) is 5.82 Å². The molecule has 1 atom stereocenters. The van der Waals surface area contributed by atoms with E-state index in [1.165, 1.54) is 12.1 Å². The minimum absolute atomic E-state index is 0.0150. The molecular weight excluding hydrogens is 347 g/mol. The average molecular weight is 370 g/mol. The van der Waals surface area contributed by atoms with Gasteiger partial charge in [-0.25, -0.2) is 4.39 Å². The molecule has 27 heavy (non-hydrogen) atoms. The Morgan fingerprint density at radius 1 is 1.15 bits per heavy atom. The third-order valence-corrected chi connectivity index (χ3v) is 6.28. The number of aryl methyl sites for hydroxylation is 1. The maximum atomic E-state index is 13.2. The van der Waals surface area contributed by atoms with Crippen molar-refractivity contribution in [3.8, 4) is 5.69 Å². The lowest BCUT2D eigenvalue weighted by molar-refractivity contribution is -0.139. The molecule has 1 saturated heterocycles. The van der Waals surface area contributed by atoms with Crippen LogP contribution in [0.4, 0.5) is 4.39 Å². The lowest BCUT2D eigenvalue weighted by Gasteiger charge is -2.32. The van der Waals surface area contributed by atoms with Crippen LogP contribution >= 0.6 is 0 Å². The van der Waals surface area contributed by atoms with Gasteiger partial charge in [-0.15, -0.1) is 0 Å². The molecule has 5 nitrogen and oxygen atoms in total. The van der Waals surface area contributed by atoms with E-state index in [9.17, 15) is 19.1 Å². The molecule has 1 aromatic heterocycles. The van der Waals surface area contributed by atoms with Crippen molar-refractivity contribution in [1.82, 2.24) is 9.47 Å². The number of halogens is 1. The zero-order chi connectivity index (χ0) is 19.3. The summed E-state index contributed by atoms with van der Waals surface area (Å²) >= 11 is 0. The zero-order valence-electron chi connectivity index (χ0n) is 15.5. The van der Waals surface area contributed by atoms with Crippen LogP contribution in [0.1, 0.15) is 41.0 Å². The van der Waals surface area contributed by atoms with Crippen molar-refractivity contribution >= 4 is 11.9 Å². The third kappa shape index (κ3) is 2.93. The molecule has 2 aliphatic rings. The minimum atomic E-state index is -0.711. The van der Waals surface area contributed by atoms with E-state index in [2.05, 4.69) is 0 Å². The second-order valence-electron chi connectivity index (χ2n) is 7.85. The highest BCUT2D eigenvalue weighted by Crippen LogP contribution is 2.59.